The van der Waals surface area contributed by atoms with E-state index >= 15 is 0 Å². The van der Waals surface area contributed by atoms with Crippen molar-refractivity contribution >= 4 is 5.69 Å². The highest BCUT2D eigenvalue weighted by molar-refractivity contribution is 5.52. The predicted octanol–water partition coefficient (Wildman–Crippen LogP) is 4.05. The zero-order chi connectivity index (χ0) is 15.5. The summed E-state index contributed by atoms with van der Waals surface area (Å²) in [6, 6.07) is 4.74. The van der Waals surface area contributed by atoms with Crippen LogP contribution in [0.5, 0.6) is 0 Å². The molecule has 0 saturated carbocycles. The van der Waals surface area contributed by atoms with Gasteiger partial charge in [-0.3, -0.25) is 0 Å². The molecule has 0 bridgehead atoms. The maximum Gasteiger partial charge on any atom is 0.416 e. The van der Waals surface area contributed by atoms with Gasteiger partial charge in [-0.2, -0.15) is 13.2 Å². The zero-order valence-corrected chi connectivity index (χ0v) is 12.6. The van der Waals surface area contributed by atoms with Crippen LogP contribution < -0.4 is 10.2 Å². The Bertz CT molecular complexity index is 471. The first kappa shape index (κ1) is 16.1. The molecule has 1 aromatic rings. The molecule has 1 unspecified atom stereocenters. The molecule has 5 heteroatoms. The van der Waals surface area contributed by atoms with Crippen LogP contribution in [0.3, 0.4) is 0 Å². The summed E-state index contributed by atoms with van der Waals surface area (Å²) in [4.78, 5) is 2.07. The molecule has 2 nitrogen and oxygen atoms in total. The molecule has 1 aliphatic rings. The highest BCUT2D eigenvalue weighted by Gasteiger charge is 2.34. The molecule has 1 saturated heterocycles. The van der Waals surface area contributed by atoms with Gasteiger partial charge < -0.3 is 10.2 Å². The van der Waals surface area contributed by atoms with E-state index in [4.69, 9.17) is 0 Å². The first-order valence-electron chi connectivity index (χ1n) is 7.57. The molecule has 0 aromatic heterocycles. The minimum absolute atomic E-state index is 0.252. The van der Waals surface area contributed by atoms with Crippen LogP contribution in [0.15, 0.2) is 18.2 Å². The third kappa shape index (κ3) is 4.13. The van der Waals surface area contributed by atoms with Crippen LogP contribution in [0.1, 0.15) is 37.8 Å². The first-order chi connectivity index (χ1) is 9.91. The summed E-state index contributed by atoms with van der Waals surface area (Å²) >= 11 is 0. The second kappa shape index (κ2) is 6.69. The highest BCUT2D eigenvalue weighted by atomic mass is 19.4. The van der Waals surface area contributed by atoms with Gasteiger partial charge >= 0.3 is 6.18 Å². The third-order valence-electron chi connectivity index (χ3n) is 3.99. The molecular weight excluding hydrogens is 277 g/mol. The molecule has 118 valence electrons. The van der Waals surface area contributed by atoms with Gasteiger partial charge in [0, 0.05) is 25.3 Å². The van der Waals surface area contributed by atoms with Crippen molar-refractivity contribution in [3.8, 4) is 0 Å². The van der Waals surface area contributed by atoms with E-state index in [-0.39, 0.29) is 6.54 Å². The molecule has 1 atom stereocenters. The van der Waals surface area contributed by atoms with Gasteiger partial charge in [-0.15, -0.1) is 0 Å². The Morgan fingerprint density at radius 2 is 2.10 bits per heavy atom. The molecule has 0 radical (unpaired) electrons. The smallest absolute Gasteiger partial charge is 0.371 e. The first-order valence-corrected chi connectivity index (χ1v) is 7.57. The van der Waals surface area contributed by atoms with Crippen molar-refractivity contribution in [1.82, 2.24) is 5.32 Å². The van der Waals surface area contributed by atoms with Gasteiger partial charge in [-0.1, -0.05) is 19.9 Å². The lowest BCUT2D eigenvalue weighted by atomic mass is 9.98. The molecule has 1 N–H and O–H groups in total. The molecule has 1 fully saturated rings. The lowest BCUT2D eigenvalue weighted by molar-refractivity contribution is -0.138. The number of anilines is 1. The fourth-order valence-electron chi connectivity index (χ4n) is 2.86. The number of alkyl halides is 3. The number of halogens is 3. The number of hydrogen-bond donors (Lipinski definition) is 1. The summed E-state index contributed by atoms with van der Waals surface area (Å²) in [5, 5.41) is 2.97. The molecule has 0 aliphatic carbocycles. The van der Waals surface area contributed by atoms with Gasteiger partial charge in [-0.05, 0) is 43.0 Å². The Morgan fingerprint density at radius 3 is 2.71 bits per heavy atom. The van der Waals surface area contributed by atoms with Crippen LogP contribution in [-0.2, 0) is 12.7 Å². The average molecular weight is 300 g/mol. The summed E-state index contributed by atoms with van der Waals surface area (Å²) in [5.41, 5.74) is 0.492. The van der Waals surface area contributed by atoms with E-state index < -0.39 is 11.7 Å². The van der Waals surface area contributed by atoms with Crippen molar-refractivity contribution in [2.75, 3.05) is 24.5 Å². The maximum absolute atomic E-state index is 13.3. The summed E-state index contributed by atoms with van der Waals surface area (Å²) in [6.07, 6.45) is -2.11. The van der Waals surface area contributed by atoms with Gasteiger partial charge in [0.1, 0.15) is 0 Å². The van der Waals surface area contributed by atoms with Crippen LogP contribution in [0.2, 0.25) is 0 Å². The van der Waals surface area contributed by atoms with Crippen molar-refractivity contribution < 1.29 is 13.2 Å². The van der Waals surface area contributed by atoms with E-state index in [1.54, 1.807) is 6.07 Å². The molecule has 21 heavy (non-hydrogen) atoms. The quantitative estimate of drug-likeness (QED) is 0.902. The summed E-state index contributed by atoms with van der Waals surface area (Å²) in [6.45, 7) is 6.62. The Morgan fingerprint density at radius 1 is 1.33 bits per heavy atom. The monoisotopic (exact) mass is 300 g/mol. The maximum atomic E-state index is 13.3. The van der Waals surface area contributed by atoms with Crippen LogP contribution in [0.25, 0.3) is 0 Å². The highest BCUT2D eigenvalue weighted by Crippen LogP contribution is 2.35. The fraction of sp³-hybridized carbons (Fsp3) is 0.625. The molecule has 1 aromatic carbocycles. The molecular formula is C16H23F3N2. The molecule has 0 spiro atoms. The van der Waals surface area contributed by atoms with Crippen LogP contribution in [0.4, 0.5) is 18.9 Å². The summed E-state index contributed by atoms with van der Waals surface area (Å²) in [7, 11) is 0. The number of hydrogen-bond acceptors (Lipinski definition) is 2. The number of piperidine rings is 1. The Kier molecular flexibility index (Phi) is 5.14. The summed E-state index contributed by atoms with van der Waals surface area (Å²) in [5.74, 6) is 0.537. The fourth-order valence-corrected chi connectivity index (χ4v) is 2.86. The van der Waals surface area contributed by atoms with Crippen molar-refractivity contribution in [2.45, 2.75) is 39.4 Å². The van der Waals surface area contributed by atoms with E-state index in [2.05, 4.69) is 17.1 Å². The second-order valence-corrected chi connectivity index (χ2v) is 5.81. The zero-order valence-electron chi connectivity index (χ0n) is 12.6. The van der Waals surface area contributed by atoms with Gasteiger partial charge in [0.05, 0.1) is 5.56 Å². The third-order valence-corrected chi connectivity index (χ3v) is 3.99. The van der Waals surface area contributed by atoms with E-state index in [1.807, 2.05) is 13.0 Å². The Hall–Kier alpha value is -1.23. The average Bonchev–Trinajstić information content (AvgIpc) is 2.44. The van der Waals surface area contributed by atoms with E-state index in [0.29, 0.717) is 23.7 Å². The van der Waals surface area contributed by atoms with Gasteiger partial charge in [0.25, 0.3) is 0 Å². The number of nitrogens with zero attached hydrogens (tertiary/aromatic N) is 1. The normalized spacial score (nSPS) is 19.9. The van der Waals surface area contributed by atoms with Gasteiger partial charge in [0.2, 0.25) is 0 Å². The van der Waals surface area contributed by atoms with E-state index in [9.17, 15) is 13.2 Å². The lowest BCUT2D eigenvalue weighted by Gasteiger charge is -2.33. The molecule has 1 aliphatic heterocycles. The standard InChI is InChI=1S/C16H23F3N2/c1-3-20-10-13-6-7-14(9-15(13)16(17,18)19)21-8-4-5-12(2)11-21/h6-7,9,12,20H,3-5,8,10-11H2,1-2H3. The second-order valence-electron chi connectivity index (χ2n) is 5.81. The summed E-state index contributed by atoms with van der Waals surface area (Å²) < 4.78 is 39.8. The van der Waals surface area contributed by atoms with E-state index in [1.165, 1.54) is 6.07 Å². The molecule has 1 heterocycles. The van der Waals surface area contributed by atoms with Gasteiger partial charge in [-0.25, -0.2) is 0 Å². The predicted molar refractivity (Wildman–Crippen MR) is 79.4 cm³/mol. The largest absolute Gasteiger partial charge is 0.416 e. The lowest BCUT2D eigenvalue weighted by Crippen LogP contribution is -2.34. The number of benzene rings is 1. The van der Waals surface area contributed by atoms with Crippen LogP contribution >= 0.6 is 0 Å². The molecule has 0 amide bonds. The Balaban J connectivity index is 2.28. The minimum atomic E-state index is -4.30. The SMILES string of the molecule is CCNCc1ccc(N2CCCC(C)C2)cc1C(F)(F)F. The van der Waals surface area contributed by atoms with E-state index in [0.717, 1.165) is 25.9 Å². The van der Waals surface area contributed by atoms with Crippen molar-refractivity contribution in [3.05, 3.63) is 29.3 Å². The van der Waals surface area contributed by atoms with Gasteiger partial charge in [0.15, 0.2) is 0 Å². The van der Waals surface area contributed by atoms with Crippen LogP contribution in [-0.4, -0.2) is 19.6 Å². The molecule has 2 rings (SSSR count). The van der Waals surface area contributed by atoms with Crippen LogP contribution in [0, 0.1) is 5.92 Å². The minimum Gasteiger partial charge on any atom is -0.371 e. The number of rotatable bonds is 4. The number of nitrogens with one attached hydrogen (secondary N) is 1. The van der Waals surface area contributed by atoms with Crippen molar-refractivity contribution in [3.63, 3.8) is 0 Å². The Labute approximate surface area is 124 Å². The topological polar surface area (TPSA) is 15.3 Å². The van der Waals surface area contributed by atoms with Crippen molar-refractivity contribution in [2.24, 2.45) is 5.92 Å². The van der Waals surface area contributed by atoms with Crippen molar-refractivity contribution in [1.29, 1.82) is 0 Å².